The molecule has 0 spiro atoms. The molecule has 1 aliphatic rings. The molecule has 0 unspecified atom stereocenters. The van der Waals surface area contributed by atoms with Gasteiger partial charge in [-0.3, -0.25) is 0 Å². The van der Waals surface area contributed by atoms with Gasteiger partial charge in [-0.1, -0.05) is 12.3 Å². The molecule has 0 saturated heterocycles. The highest BCUT2D eigenvalue weighted by atomic mass is 16.5. The van der Waals surface area contributed by atoms with Gasteiger partial charge in [0.05, 0.1) is 6.10 Å². The summed E-state index contributed by atoms with van der Waals surface area (Å²) in [5.41, 5.74) is 4.99. The summed E-state index contributed by atoms with van der Waals surface area (Å²) in [6, 6.07) is 5.96. The Labute approximate surface area is 89.8 Å². The molecule has 78 valence electrons. The van der Waals surface area contributed by atoms with Crippen LogP contribution in [0, 0.1) is 0 Å². The van der Waals surface area contributed by atoms with Crippen molar-refractivity contribution in [2.24, 2.45) is 0 Å². The van der Waals surface area contributed by atoms with E-state index in [1.807, 2.05) is 32.0 Å². The molecule has 0 fully saturated rings. The van der Waals surface area contributed by atoms with Crippen LogP contribution < -0.4 is 4.74 Å². The predicted molar refractivity (Wildman–Crippen MR) is 59.5 cm³/mol. The van der Waals surface area contributed by atoms with Crippen LogP contribution in [0.5, 0.6) is 5.75 Å². The second-order valence-electron chi connectivity index (χ2n) is 3.78. The topological polar surface area (TPSA) is 18.5 Å². The third-order valence-corrected chi connectivity index (χ3v) is 2.23. The van der Waals surface area contributed by atoms with E-state index in [2.05, 4.69) is 12.3 Å². The third-order valence-electron chi connectivity index (χ3n) is 2.23. The number of ether oxygens (including phenoxy) is 2. The van der Waals surface area contributed by atoms with Crippen molar-refractivity contribution in [3.63, 3.8) is 0 Å². The molecule has 15 heavy (non-hydrogen) atoms. The summed E-state index contributed by atoms with van der Waals surface area (Å²) in [6.45, 7) is 8.21. The number of hydrogen-bond donors (Lipinski definition) is 0. The van der Waals surface area contributed by atoms with Crippen LogP contribution in [0.15, 0.2) is 30.5 Å². The fourth-order valence-corrected chi connectivity index (χ4v) is 1.63. The summed E-state index contributed by atoms with van der Waals surface area (Å²) in [5.74, 6) is 1.62. The van der Waals surface area contributed by atoms with Crippen LogP contribution in [-0.4, -0.2) is 6.10 Å². The van der Waals surface area contributed by atoms with Gasteiger partial charge in [0.1, 0.15) is 12.4 Å². The molecule has 0 amide bonds. The van der Waals surface area contributed by atoms with Crippen molar-refractivity contribution in [2.75, 3.05) is 0 Å². The van der Waals surface area contributed by atoms with E-state index in [0.29, 0.717) is 6.61 Å². The zero-order valence-corrected chi connectivity index (χ0v) is 9.04. The van der Waals surface area contributed by atoms with Gasteiger partial charge in [0.25, 0.3) is 0 Å². The lowest BCUT2D eigenvalue weighted by atomic mass is 10.1. The lowest BCUT2D eigenvalue weighted by Gasteiger charge is -2.09. The molecule has 2 rings (SSSR count). The quantitative estimate of drug-likeness (QED) is 0.686. The molecule has 0 aliphatic carbocycles. The van der Waals surface area contributed by atoms with Crippen molar-refractivity contribution in [3.05, 3.63) is 41.6 Å². The summed E-state index contributed by atoms with van der Waals surface area (Å²) in [4.78, 5) is 0. The van der Waals surface area contributed by atoms with E-state index >= 15 is 0 Å². The van der Waals surface area contributed by atoms with Gasteiger partial charge in [0.2, 0.25) is 0 Å². The van der Waals surface area contributed by atoms with Gasteiger partial charge in [-0.2, -0.15) is 0 Å². The Balaban J connectivity index is 2.33. The molecule has 0 N–H and O–H groups in total. The smallest absolute Gasteiger partial charge is 0.169 e. The van der Waals surface area contributed by atoms with Crippen molar-refractivity contribution >= 4 is 5.76 Å². The highest BCUT2D eigenvalue weighted by Crippen LogP contribution is 2.31. The minimum atomic E-state index is 0.194. The Bertz CT molecular complexity index is 426. The second kappa shape index (κ2) is 3.84. The first-order valence-electron chi connectivity index (χ1n) is 5.03. The highest BCUT2D eigenvalue weighted by molar-refractivity contribution is 5.66. The van der Waals surface area contributed by atoms with Crippen LogP contribution >= 0.6 is 0 Å². The number of benzene rings is 1. The van der Waals surface area contributed by atoms with Gasteiger partial charge in [-0.05, 0) is 32.0 Å². The molecule has 0 radical (unpaired) electrons. The molecule has 0 bridgehead atoms. The monoisotopic (exact) mass is 202 g/mol. The van der Waals surface area contributed by atoms with Crippen LogP contribution in [0.2, 0.25) is 0 Å². The maximum Gasteiger partial charge on any atom is 0.169 e. The largest absolute Gasteiger partial charge is 0.491 e. The SMILES string of the molecule is C=C=C1OCc2cc(OC(C)C)ccc21. The first kappa shape index (κ1) is 9.88. The standard InChI is InChI=1S/C13H14O2/c1-4-13-12-6-5-11(15-9(2)3)7-10(12)8-14-13/h5-7,9H,1,8H2,2-3H3. The molecule has 1 aromatic carbocycles. The van der Waals surface area contributed by atoms with E-state index in [1.54, 1.807) is 0 Å². The minimum absolute atomic E-state index is 0.194. The summed E-state index contributed by atoms with van der Waals surface area (Å²) in [6.07, 6.45) is 0.194. The second-order valence-corrected chi connectivity index (χ2v) is 3.78. The number of fused-ring (bicyclic) bond motifs is 1. The van der Waals surface area contributed by atoms with E-state index in [1.165, 1.54) is 0 Å². The average molecular weight is 202 g/mol. The molecule has 1 aliphatic heterocycles. The van der Waals surface area contributed by atoms with E-state index in [-0.39, 0.29) is 6.10 Å². The Morgan fingerprint density at radius 2 is 2.27 bits per heavy atom. The summed E-state index contributed by atoms with van der Waals surface area (Å²) >= 11 is 0. The first-order chi connectivity index (χ1) is 7.20. The maximum atomic E-state index is 5.61. The van der Waals surface area contributed by atoms with Gasteiger partial charge in [0, 0.05) is 11.1 Å². The van der Waals surface area contributed by atoms with Gasteiger partial charge in [-0.15, -0.1) is 0 Å². The Morgan fingerprint density at radius 3 is 2.93 bits per heavy atom. The molecule has 0 saturated carbocycles. The Hall–Kier alpha value is -1.66. The van der Waals surface area contributed by atoms with Gasteiger partial charge < -0.3 is 9.47 Å². The molecule has 0 atom stereocenters. The summed E-state index contributed by atoms with van der Waals surface area (Å²) < 4.78 is 11.0. The van der Waals surface area contributed by atoms with Crippen LogP contribution in [0.4, 0.5) is 0 Å². The molecular weight excluding hydrogens is 188 g/mol. The molecule has 1 heterocycles. The number of hydrogen-bond acceptors (Lipinski definition) is 2. The minimum Gasteiger partial charge on any atom is -0.491 e. The van der Waals surface area contributed by atoms with E-state index in [4.69, 9.17) is 9.47 Å². The van der Waals surface area contributed by atoms with Crippen LogP contribution in [0.25, 0.3) is 5.76 Å². The fourth-order valence-electron chi connectivity index (χ4n) is 1.63. The van der Waals surface area contributed by atoms with Crippen molar-refractivity contribution in [1.82, 2.24) is 0 Å². The van der Waals surface area contributed by atoms with Crippen molar-refractivity contribution in [1.29, 1.82) is 0 Å². The first-order valence-corrected chi connectivity index (χ1v) is 5.03. The molecular formula is C13H14O2. The van der Waals surface area contributed by atoms with E-state index in [9.17, 15) is 0 Å². The van der Waals surface area contributed by atoms with Crippen LogP contribution in [-0.2, 0) is 11.3 Å². The average Bonchev–Trinajstić information content (AvgIpc) is 2.58. The molecule has 0 aromatic heterocycles. The van der Waals surface area contributed by atoms with Crippen LogP contribution in [0.1, 0.15) is 25.0 Å². The van der Waals surface area contributed by atoms with E-state index in [0.717, 1.165) is 22.6 Å². The third kappa shape index (κ3) is 1.90. The van der Waals surface area contributed by atoms with Crippen molar-refractivity contribution < 1.29 is 9.47 Å². The molecule has 2 heteroatoms. The van der Waals surface area contributed by atoms with E-state index < -0.39 is 0 Å². The molecule has 2 nitrogen and oxygen atoms in total. The lowest BCUT2D eigenvalue weighted by molar-refractivity contribution is 0.241. The Kier molecular flexibility index (Phi) is 2.53. The highest BCUT2D eigenvalue weighted by Gasteiger charge is 2.17. The lowest BCUT2D eigenvalue weighted by Crippen LogP contribution is -2.05. The normalized spacial score (nSPS) is 13.4. The summed E-state index contributed by atoms with van der Waals surface area (Å²) in [5, 5.41) is 0. The Morgan fingerprint density at radius 1 is 1.47 bits per heavy atom. The maximum absolute atomic E-state index is 5.61. The number of rotatable bonds is 2. The van der Waals surface area contributed by atoms with Crippen molar-refractivity contribution in [3.8, 4) is 5.75 Å². The predicted octanol–water partition coefficient (Wildman–Crippen LogP) is 3.13. The summed E-state index contributed by atoms with van der Waals surface area (Å²) in [7, 11) is 0. The zero-order chi connectivity index (χ0) is 10.8. The van der Waals surface area contributed by atoms with Crippen LogP contribution in [0.3, 0.4) is 0 Å². The van der Waals surface area contributed by atoms with Gasteiger partial charge in [-0.25, -0.2) is 0 Å². The molecule has 1 aromatic rings. The van der Waals surface area contributed by atoms with Crippen molar-refractivity contribution in [2.45, 2.75) is 26.6 Å². The van der Waals surface area contributed by atoms with Gasteiger partial charge >= 0.3 is 0 Å². The zero-order valence-electron chi connectivity index (χ0n) is 9.04. The van der Waals surface area contributed by atoms with Gasteiger partial charge in [0.15, 0.2) is 5.76 Å². The fraction of sp³-hybridized carbons (Fsp3) is 0.308.